The zero-order valence-electron chi connectivity index (χ0n) is 22.5. The summed E-state index contributed by atoms with van der Waals surface area (Å²) in [5, 5.41) is 12.1. The lowest BCUT2D eigenvalue weighted by Crippen LogP contribution is -2.31. The molecule has 0 aliphatic carbocycles. The lowest BCUT2D eigenvalue weighted by atomic mass is 9.94. The van der Waals surface area contributed by atoms with E-state index in [1.54, 1.807) is 30.3 Å². The monoisotopic (exact) mass is 562 g/mol. The molecule has 5 rings (SSSR count). The van der Waals surface area contributed by atoms with Gasteiger partial charge in [0.2, 0.25) is 5.78 Å². The minimum atomic E-state index is -0.965. The van der Waals surface area contributed by atoms with Gasteiger partial charge >= 0.3 is 0 Å². The Morgan fingerprint density at radius 1 is 0.925 bits per heavy atom. The van der Waals surface area contributed by atoms with Gasteiger partial charge in [-0.3, -0.25) is 14.5 Å². The first-order valence-corrected chi connectivity index (χ1v) is 12.6. The van der Waals surface area contributed by atoms with E-state index >= 15 is 0 Å². The molecule has 0 bridgehead atoms. The summed E-state index contributed by atoms with van der Waals surface area (Å²) in [6, 6.07) is 16.1. The minimum absolute atomic E-state index is 0.0750. The number of benzene rings is 3. The number of carbonyl (C=O) groups is 2. The zero-order chi connectivity index (χ0) is 28.7. The van der Waals surface area contributed by atoms with Crippen LogP contribution in [0.1, 0.15) is 22.2 Å². The van der Waals surface area contributed by atoms with E-state index < -0.39 is 23.5 Å². The van der Waals surface area contributed by atoms with E-state index in [-0.39, 0.29) is 11.3 Å². The normalized spacial score (nSPS) is 15.1. The van der Waals surface area contributed by atoms with E-state index in [0.717, 1.165) is 5.69 Å². The van der Waals surface area contributed by atoms with Gasteiger partial charge in [0.05, 0.1) is 32.9 Å². The number of amides is 1. The molecule has 4 aromatic rings. The molecule has 206 valence electrons. The number of furan rings is 1. The number of nitrogens with zero attached hydrogens (tertiary/aromatic N) is 2. The first-order valence-electron chi connectivity index (χ1n) is 12.3. The number of hydrogen-bond acceptors (Lipinski definition) is 8. The van der Waals surface area contributed by atoms with Crippen molar-refractivity contribution in [1.29, 1.82) is 0 Å². The number of carbonyl (C=O) groups excluding carboxylic acids is 2. The summed E-state index contributed by atoms with van der Waals surface area (Å²) < 4.78 is 22.0. The van der Waals surface area contributed by atoms with Gasteiger partial charge in [-0.2, -0.15) is 0 Å². The van der Waals surface area contributed by atoms with Gasteiger partial charge in [0.15, 0.2) is 34.4 Å². The summed E-state index contributed by atoms with van der Waals surface area (Å²) in [6.45, 7) is 0. The number of anilines is 2. The molecule has 0 saturated heterocycles. The Hall–Kier alpha value is -4.63. The fraction of sp³-hybridized carbons (Fsp3) is 0.200. The highest BCUT2D eigenvalue weighted by Gasteiger charge is 2.45. The standard InChI is InChI=1S/C30H27ClN2O7/c1-32(2)19-8-6-16(7-9-19)26-25(27(34)23-13-17-12-18(31)14-24(39-5)29(17)40-23)28(35)30(36)33(26)20-10-11-21(37-3)22(15-20)38-4/h6-15,26,35H,1-5H3. The maximum Gasteiger partial charge on any atom is 0.294 e. The van der Waals surface area contributed by atoms with Crippen molar-refractivity contribution in [3.63, 3.8) is 0 Å². The highest BCUT2D eigenvalue weighted by molar-refractivity contribution is 6.31. The number of ether oxygens (including phenoxy) is 3. The average Bonchev–Trinajstić information content (AvgIpc) is 3.50. The Labute approximate surface area is 235 Å². The third kappa shape index (κ3) is 4.48. The molecule has 2 heterocycles. The molecule has 9 nitrogen and oxygen atoms in total. The zero-order valence-corrected chi connectivity index (χ0v) is 23.3. The molecule has 0 saturated carbocycles. The Morgan fingerprint density at radius 3 is 2.23 bits per heavy atom. The van der Waals surface area contributed by atoms with Crippen molar-refractivity contribution in [3.8, 4) is 17.2 Å². The fourth-order valence-corrected chi connectivity index (χ4v) is 5.05. The van der Waals surface area contributed by atoms with Crippen LogP contribution >= 0.6 is 11.6 Å². The Morgan fingerprint density at radius 2 is 1.60 bits per heavy atom. The van der Waals surface area contributed by atoms with Crippen LogP contribution in [0.3, 0.4) is 0 Å². The second-order valence-corrected chi connectivity index (χ2v) is 9.77. The van der Waals surface area contributed by atoms with Gasteiger partial charge < -0.3 is 28.6 Å². The van der Waals surface area contributed by atoms with Crippen molar-refractivity contribution in [3.05, 3.63) is 88.3 Å². The number of rotatable bonds is 8. The van der Waals surface area contributed by atoms with Crippen LogP contribution < -0.4 is 24.0 Å². The number of hydrogen-bond donors (Lipinski definition) is 1. The second kappa shape index (κ2) is 10.5. The molecule has 3 aromatic carbocycles. The van der Waals surface area contributed by atoms with E-state index in [4.69, 9.17) is 30.2 Å². The quantitative estimate of drug-likeness (QED) is 0.262. The molecule has 10 heteroatoms. The first kappa shape index (κ1) is 27.0. The molecular formula is C30H27ClN2O7. The number of ketones is 1. The molecule has 1 aromatic heterocycles. The van der Waals surface area contributed by atoms with Crippen LogP contribution in [0, 0.1) is 0 Å². The third-order valence-corrected chi connectivity index (χ3v) is 7.03. The Bertz CT molecular complexity index is 1660. The van der Waals surface area contributed by atoms with Crippen LogP contribution in [0.25, 0.3) is 11.0 Å². The largest absolute Gasteiger partial charge is 0.503 e. The van der Waals surface area contributed by atoms with Gasteiger partial charge in [-0.15, -0.1) is 0 Å². The fourth-order valence-electron chi connectivity index (χ4n) is 4.83. The van der Waals surface area contributed by atoms with Crippen LogP contribution in [0.2, 0.25) is 5.02 Å². The molecule has 0 radical (unpaired) electrons. The van der Waals surface area contributed by atoms with Gasteiger partial charge in [-0.25, -0.2) is 0 Å². The number of aliphatic hydroxyl groups excluding tert-OH is 1. The number of Topliss-reactive ketones (excluding diaryl/α,β-unsaturated/α-hetero) is 1. The summed E-state index contributed by atoms with van der Waals surface area (Å²) in [7, 11) is 8.28. The summed E-state index contributed by atoms with van der Waals surface area (Å²) in [4.78, 5) is 30.9. The highest BCUT2D eigenvalue weighted by atomic mass is 35.5. The van der Waals surface area contributed by atoms with E-state index in [9.17, 15) is 14.7 Å². The number of halogens is 1. The van der Waals surface area contributed by atoms with Crippen molar-refractivity contribution in [2.24, 2.45) is 0 Å². The van der Waals surface area contributed by atoms with Crippen molar-refractivity contribution in [2.75, 3.05) is 45.2 Å². The Balaban J connectivity index is 1.67. The summed E-state index contributed by atoms with van der Waals surface area (Å²) >= 11 is 6.20. The van der Waals surface area contributed by atoms with Crippen LogP contribution in [0.4, 0.5) is 11.4 Å². The van der Waals surface area contributed by atoms with Gasteiger partial charge in [0.25, 0.3) is 5.91 Å². The molecule has 1 aliphatic heterocycles. The van der Waals surface area contributed by atoms with Crippen molar-refractivity contribution in [2.45, 2.75) is 6.04 Å². The first-order chi connectivity index (χ1) is 19.2. The summed E-state index contributed by atoms with van der Waals surface area (Å²) in [6.07, 6.45) is 0. The molecule has 0 fully saturated rings. The Kier molecular flexibility index (Phi) is 7.08. The van der Waals surface area contributed by atoms with E-state index in [0.29, 0.717) is 44.5 Å². The smallest absolute Gasteiger partial charge is 0.294 e. The molecule has 0 spiro atoms. The predicted molar refractivity (Wildman–Crippen MR) is 152 cm³/mol. The molecule has 1 unspecified atom stereocenters. The van der Waals surface area contributed by atoms with Crippen LogP contribution in [-0.4, -0.2) is 52.2 Å². The van der Waals surface area contributed by atoms with Gasteiger partial charge in [-0.1, -0.05) is 23.7 Å². The summed E-state index contributed by atoms with van der Waals surface area (Å²) in [5.41, 5.74) is 2.13. The van der Waals surface area contributed by atoms with Crippen molar-refractivity contribution >= 4 is 45.6 Å². The lowest BCUT2D eigenvalue weighted by molar-refractivity contribution is -0.117. The van der Waals surface area contributed by atoms with Crippen LogP contribution in [0.5, 0.6) is 17.2 Å². The SMILES string of the molecule is COc1ccc(N2C(=O)C(O)=C(C(=O)c3cc4cc(Cl)cc(OC)c4o3)C2c2ccc(N(C)C)cc2)cc1OC. The lowest BCUT2D eigenvalue weighted by Gasteiger charge is -2.27. The van der Waals surface area contributed by atoms with Crippen molar-refractivity contribution in [1.82, 2.24) is 0 Å². The van der Waals surface area contributed by atoms with E-state index in [1.165, 1.54) is 32.3 Å². The maximum atomic E-state index is 14.0. The van der Waals surface area contributed by atoms with E-state index in [1.807, 2.05) is 43.3 Å². The van der Waals surface area contributed by atoms with Gasteiger partial charge in [0.1, 0.15) is 0 Å². The van der Waals surface area contributed by atoms with Crippen LogP contribution in [0.15, 0.2) is 76.4 Å². The number of aliphatic hydroxyl groups is 1. The molecule has 1 aliphatic rings. The van der Waals surface area contributed by atoms with Crippen molar-refractivity contribution < 1.29 is 33.3 Å². The molecule has 1 atom stereocenters. The maximum absolute atomic E-state index is 14.0. The van der Waals surface area contributed by atoms with Gasteiger partial charge in [-0.05, 0) is 42.0 Å². The average molecular weight is 563 g/mol. The number of fused-ring (bicyclic) bond motifs is 1. The molecule has 40 heavy (non-hydrogen) atoms. The third-order valence-electron chi connectivity index (χ3n) is 6.81. The second-order valence-electron chi connectivity index (χ2n) is 9.33. The van der Waals surface area contributed by atoms with E-state index in [2.05, 4.69) is 0 Å². The molecular weight excluding hydrogens is 536 g/mol. The summed E-state index contributed by atoms with van der Waals surface area (Å²) in [5.74, 6) is -0.937. The topological polar surface area (TPSA) is 102 Å². The molecule has 1 N–H and O–H groups in total. The minimum Gasteiger partial charge on any atom is -0.503 e. The highest BCUT2D eigenvalue weighted by Crippen LogP contribution is 2.45. The van der Waals surface area contributed by atoms with Gasteiger partial charge in [0, 0.05) is 48.0 Å². The number of methoxy groups -OCH3 is 3. The van der Waals surface area contributed by atoms with Crippen LogP contribution in [-0.2, 0) is 4.79 Å². The molecule has 1 amide bonds. The predicted octanol–water partition coefficient (Wildman–Crippen LogP) is 5.96.